The first-order chi connectivity index (χ1) is 35.5. The molecular weight excluding hydrogens is 889 g/mol. The van der Waals surface area contributed by atoms with Gasteiger partial charge in [-0.25, -0.2) is 0 Å². The molecule has 0 spiro atoms. The maximum absolute atomic E-state index is 12.8. The second-order valence-corrected chi connectivity index (χ2v) is 18.1. The lowest BCUT2D eigenvalue weighted by Crippen LogP contribution is -2.30. The normalized spacial score (nSPS) is 13.3. The van der Waals surface area contributed by atoms with Crippen molar-refractivity contribution in [3.8, 4) is 0 Å². The molecule has 0 aromatic rings. The summed E-state index contributed by atoms with van der Waals surface area (Å²) >= 11 is 0. The quantitative estimate of drug-likeness (QED) is 0.0262. The maximum Gasteiger partial charge on any atom is 0.306 e. The van der Waals surface area contributed by atoms with Gasteiger partial charge in [-0.2, -0.15) is 0 Å². The summed E-state index contributed by atoms with van der Waals surface area (Å²) in [7, 11) is 0. The number of carbonyl (C=O) groups is 3. The van der Waals surface area contributed by atoms with Crippen LogP contribution in [0, 0.1) is 0 Å². The molecular formula is C66H102O6. The van der Waals surface area contributed by atoms with Gasteiger partial charge in [0.15, 0.2) is 6.10 Å². The van der Waals surface area contributed by atoms with E-state index in [9.17, 15) is 14.4 Å². The number of ether oxygens (including phenoxy) is 3. The first-order valence-electron chi connectivity index (χ1n) is 28.5. The van der Waals surface area contributed by atoms with E-state index in [1.807, 2.05) is 0 Å². The summed E-state index contributed by atoms with van der Waals surface area (Å²) < 4.78 is 16.7. The molecule has 0 saturated heterocycles. The second-order valence-electron chi connectivity index (χ2n) is 18.1. The molecule has 0 radical (unpaired) electrons. The van der Waals surface area contributed by atoms with E-state index >= 15 is 0 Å². The Morgan fingerprint density at radius 3 is 0.917 bits per heavy atom. The molecule has 0 saturated carbocycles. The fraction of sp³-hybridized carbons (Fsp3) is 0.561. The molecule has 402 valence electrons. The Labute approximate surface area is 441 Å². The Morgan fingerprint density at radius 1 is 0.292 bits per heavy atom. The van der Waals surface area contributed by atoms with E-state index in [0.29, 0.717) is 12.8 Å². The fourth-order valence-electron chi connectivity index (χ4n) is 7.05. The van der Waals surface area contributed by atoms with Gasteiger partial charge in [-0.15, -0.1) is 0 Å². The SMILES string of the molecule is CC/C=C\C/C=C\C/C=C\C/C=C\C/C=C\C/C=C\C/C=C\C/C=C\C/C=C\CCCC(=O)OCC(COC(=O)CCCCCCC/C=C\CCC)OC(=O)CCCCCCC/C=C\C/C=C\C/C=C\CC. The third-order valence-corrected chi connectivity index (χ3v) is 11.2. The van der Waals surface area contributed by atoms with Crippen molar-refractivity contribution in [2.24, 2.45) is 0 Å². The molecule has 0 aliphatic rings. The molecule has 0 rings (SSSR count). The van der Waals surface area contributed by atoms with Crippen molar-refractivity contribution < 1.29 is 28.6 Å². The summed E-state index contributed by atoms with van der Waals surface area (Å²) in [5.74, 6) is -1.02. The van der Waals surface area contributed by atoms with Crippen molar-refractivity contribution in [3.63, 3.8) is 0 Å². The highest BCUT2D eigenvalue weighted by molar-refractivity contribution is 5.71. The zero-order valence-corrected chi connectivity index (χ0v) is 45.9. The van der Waals surface area contributed by atoms with Crippen molar-refractivity contribution in [3.05, 3.63) is 158 Å². The Morgan fingerprint density at radius 2 is 0.556 bits per heavy atom. The number of carbonyl (C=O) groups excluding carboxylic acids is 3. The molecule has 0 aromatic heterocycles. The molecule has 72 heavy (non-hydrogen) atoms. The summed E-state index contributed by atoms with van der Waals surface area (Å²) in [4.78, 5) is 38.0. The minimum Gasteiger partial charge on any atom is -0.462 e. The average molecular weight is 992 g/mol. The first-order valence-corrected chi connectivity index (χ1v) is 28.5. The zero-order valence-electron chi connectivity index (χ0n) is 45.9. The molecule has 0 fully saturated rings. The summed E-state index contributed by atoms with van der Waals surface area (Å²) in [5, 5.41) is 0. The number of rotatable bonds is 49. The van der Waals surface area contributed by atoms with E-state index in [2.05, 4.69) is 179 Å². The van der Waals surface area contributed by atoms with Gasteiger partial charge in [0.05, 0.1) is 0 Å². The van der Waals surface area contributed by atoms with Crippen LogP contribution in [0.1, 0.15) is 220 Å². The Kier molecular flexibility index (Phi) is 54.6. The van der Waals surface area contributed by atoms with E-state index in [1.54, 1.807) is 0 Å². The Balaban J connectivity index is 4.42. The second kappa shape index (κ2) is 58.6. The fourth-order valence-corrected chi connectivity index (χ4v) is 7.05. The summed E-state index contributed by atoms with van der Waals surface area (Å²) in [6.45, 7) is 6.26. The molecule has 6 nitrogen and oxygen atoms in total. The molecule has 0 amide bonds. The lowest BCUT2D eigenvalue weighted by molar-refractivity contribution is -0.167. The Bertz CT molecular complexity index is 1660. The van der Waals surface area contributed by atoms with Crippen LogP contribution in [0.15, 0.2) is 158 Å². The van der Waals surface area contributed by atoms with Crippen molar-refractivity contribution in [1.82, 2.24) is 0 Å². The van der Waals surface area contributed by atoms with E-state index in [-0.39, 0.29) is 44.0 Å². The van der Waals surface area contributed by atoms with Gasteiger partial charge in [0.25, 0.3) is 0 Å². The van der Waals surface area contributed by atoms with Crippen molar-refractivity contribution in [2.75, 3.05) is 13.2 Å². The smallest absolute Gasteiger partial charge is 0.306 e. The van der Waals surface area contributed by atoms with E-state index in [4.69, 9.17) is 14.2 Å². The van der Waals surface area contributed by atoms with E-state index < -0.39 is 6.10 Å². The number of esters is 3. The van der Waals surface area contributed by atoms with Crippen molar-refractivity contribution in [1.29, 1.82) is 0 Å². The van der Waals surface area contributed by atoms with Crippen LogP contribution in [-0.2, 0) is 28.6 Å². The largest absolute Gasteiger partial charge is 0.462 e. The van der Waals surface area contributed by atoms with Crippen LogP contribution in [0.2, 0.25) is 0 Å². The van der Waals surface area contributed by atoms with Crippen LogP contribution in [0.25, 0.3) is 0 Å². The Hall–Kier alpha value is -4.97. The van der Waals surface area contributed by atoms with Crippen molar-refractivity contribution in [2.45, 2.75) is 226 Å². The molecule has 6 heteroatoms. The predicted octanol–water partition coefficient (Wildman–Crippen LogP) is 19.4. The lowest BCUT2D eigenvalue weighted by Gasteiger charge is -2.18. The predicted molar refractivity (Wildman–Crippen MR) is 311 cm³/mol. The van der Waals surface area contributed by atoms with Crippen molar-refractivity contribution >= 4 is 17.9 Å². The highest BCUT2D eigenvalue weighted by Crippen LogP contribution is 2.12. The highest BCUT2D eigenvalue weighted by atomic mass is 16.6. The van der Waals surface area contributed by atoms with Crippen LogP contribution in [0.3, 0.4) is 0 Å². The molecule has 1 atom stereocenters. The topological polar surface area (TPSA) is 78.9 Å². The van der Waals surface area contributed by atoms with Gasteiger partial charge in [0.2, 0.25) is 0 Å². The third-order valence-electron chi connectivity index (χ3n) is 11.2. The van der Waals surface area contributed by atoms with Gasteiger partial charge in [-0.3, -0.25) is 14.4 Å². The molecule has 0 aromatic carbocycles. The number of unbranched alkanes of at least 4 members (excludes halogenated alkanes) is 12. The molecule has 0 N–H and O–H groups in total. The summed E-state index contributed by atoms with van der Waals surface area (Å²) in [6.07, 6.45) is 85.4. The van der Waals surface area contributed by atoms with Crippen LogP contribution < -0.4 is 0 Å². The summed E-state index contributed by atoms with van der Waals surface area (Å²) in [5.41, 5.74) is 0. The molecule has 0 bridgehead atoms. The lowest BCUT2D eigenvalue weighted by atomic mass is 10.1. The number of allylic oxidation sites excluding steroid dienone is 26. The molecule has 0 aliphatic carbocycles. The average Bonchev–Trinajstić information content (AvgIpc) is 3.38. The van der Waals surface area contributed by atoms with Gasteiger partial charge in [0.1, 0.15) is 13.2 Å². The van der Waals surface area contributed by atoms with Crippen LogP contribution in [0.4, 0.5) is 0 Å². The minimum absolute atomic E-state index is 0.114. The van der Waals surface area contributed by atoms with Gasteiger partial charge in [0, 0.05) is 19.3 Å². The standard InChI is InChI=1S/C66H102O6/c1-4-7-10-13-16-19-22-24-26-27-28-29-30-31-32-33-34-35-36-37-38-39-41-42-44-47-50-53-56-59-65(68)71-62-63(61-70-64(67)58-55-52-49-46-21-18-15-12-9-6-3)72-66(69)60-57-54-51-48-45-43-40-25-23-20-17-14-11-8-5-2/h7-8,10-12,15-17,19-20,24-26,28-29,31-32,34-35,37-38,40-42,47,50,63H,4-6,9,13-14,18,21-23,27,30,33,36,39,43-46,48-49,51-62H2,1-3H3/b10-7-,11-8-,15-12-,19-16-,20-17-,26-24-,29-28-,32-31-,35-34-,38-37-,40-25-,42-41-,50-47-. The zero-order chi connectivity index (χ0) is 52.2. The monoisotopic (exact) mass is 991 g/mol. The highest BCUT2D eigenvalue weighted by Gasteiger charge is 2.19. The number of hydrogen-bond donors (Lipinski definition) is 0. The first kappa shape index (κ1) is 67.0. The van der Waals surface area contributed by atoms with Gasteiger partial charge < -0.3 is 14.2 Å². The molecule has 0 aliphatic heterocycles. The van der Waals surface area contributed by atoms with Crippen LogP contribution in [0.5, 0.6) is 0 Å². The van der Waals surface area contributed by atoms with E-state index in [0.717, 1.165) is 161 Å². The van der Waals surface area contributed by atoms with Crippen LogP contribution in [-0.4, -0.2) is 37.2 Å². The van der Waals surface area contributed by atoms with Gasteiger partial charge in [-0.05, 0) is 135 Å². The minimum atomic E-state index is -0.821. The van der Waals surface area contributed by atoms with Gasteiger partial charge in [-0.1, -0.05) is 224 Å². The van der Waals surface area contributed by atoms with Gasteiger partial charge >= 0.3 is 17.9 Å². The number of hydrogen-bond acceptors (Lipinski definition) is 6. The molecule has 0 heterocycles. The summed E-state index contributed by atoms with van der Waals surface area (Å²) in [6, 6.07) is 0. The third kappa shape index (κ3) is 56.0. The molecule has 1 unspecified atom stereocenters. The maximum atomic E-state index is 12.8. The van der Waals surface area contributed by atoms with Crippen LogP contribution >= 0.6 is 0 Å². The van der Waals surface area contributed by atoms with E-state index in [1.165, 1.54) is 12.8 Å².